The molecule has 4 rings (SSSR count). The van der Waals surface area contributed by atoms with Crippen molar-refractivity contribution >= 4 is 5.69 Å². The standard InChI is InChI=1S/C15H20N2O/c1-2-14-13(5-8-17(14)7-1)16-12-3-4-15-11(10-12)6-9-18-15/h3-4,10,13-14,16H,1-2,5-9H2. The van der Waals surface area contributed by atoms with E-state index in [4.69, 9.17) is 4.74 Å². The van der Waals surface area contributed by atoms with Gasteiger partial charge in [-0.1, -0.05) is 0 Å². The van der Waals surface area contributed by atoms with Crippen molar-refractivity contribution < 1.29 is 4.74 Å². The van der Waals surface area contributed by atoms with E-state index in [2.05, 4.69) is 28.4 Å². The predicted octanol–water partition coefficient (Wildman–Crippen LogP) is 2.27. The number of anilines is 1. The summed E-state index contributed by atoms with van der Waals surface area (Å²) in [5.74, 6) is 1.08. The number of hydrogen-bond donors (Lipinski definition) is 1. The molecule has 2 unspecified atom stereocenters. The molecule has 2 atom stereocenters. The van der Waals surface area contributed by atoms with E-state index in [0.29, 0.717) is 6.04 Å². The molecule has 0 spiro atoms. The first-order valence-electron chi connectivity index (χ1n) is 7.16. The SMILES string of the molecule is c1cc2c(cc1NC1CCN3CCCC13)CCO2. The van der Waals surface area contributed by atoms with Gasteiger partial charge in [-0.15, -0.1) is 0 Å². The van der Waals surface area contributed by atoms with Gasteiger partial charge in [-0.2, -0.15) is 0 Å². The van der Waals surface area contributed by atoms with Crippen LogP contribution in [0.2, 0.25) is 0 Å². The molecule has 0 amide bonds. The zero-order valence-electron chi connectivity index (χ0n) is 10.7. The molecule has 18 heavy (non-hydrogen) atoms. The van der Waals surface area contributed by atoms with Gasteiger partial charge in [-0.3, -0.25) is 4.90 Å². The molecule has 2 saturated heterocycles. The van der Waals surface area contributed by atoms with Crippen LogP contribution >= 0.6 is 0 Å². The smallest absolute Gasteiger partial charge is 0.122 e. The van der Waals surface area contributed by atoms with Crippen LogP contribution in [0.25, 0.3) is 0 Å². The average molecular weight is 244 g/mol. The van der Waals surface area contributed by atoms with E-state index >= 15 is 0 Å². The molecule has 3 heterocycles. The Kier molecular flexibility index (Phi) is 2.47. The molecule has 0 saturated carbocycles. The number of nitrogens with one attached hydrogen (secondary N) is 1. The fraction of sp³-hybridized carbons (Fsp3) is 0.600. The molecule has 3 aliphatic rings. The van der Waals surface area contributed by atoms with E-state index in [0.717, 1.165) is 24.8 Å². The van der Waals surface area contributed by atoms with Gasteiger partial charge in [0.25, 0.3) is 0 Å². The highest BCUT2D eigenvalue weighted by Crippen LogP contribution is 2.32. The van der Waals surface area contributed by atoms with E-state index in [-0.39, 0.29) is 0 Å². The number of benzene rings is 1. The van der Waals surface area contributed by atoms with Crippen LogP contribution in [0.5, 0.6) is 5.75 Å². The first-order chi connectivity index (χ1) is 8.90. The molecular weight excluding hydrogens is 224 g/mol. The Morgan fingerprint density at radius 1 is 1.22 bits per heavy atom. The number of ether oxygens (including phenoxy) is 1. The van der Waals surface area contributed by atoms with Crippen LogP contribution in [0.15, 0.2) is 18.2 Å². The summed E-state index contributed by atoms with van der Waals surface area (Å²) in [7, 11) is 0. The van der Waals surface area contributed by atoms with Crippen molar-refractivity contribution in [1.29, 1.82) is 0 Å². The van der Waals surface area contributed by atoms with Crippen LogP contribution in [-0.2, 0) is 6.42 Å². The molecule has 3 nitrogen and oxygen atoms in total. The molecule has 2 fully saturated rings. The first kappa shape index (κ1) is 10.7. The highest BCUT2D eigenvalue weighted by atomic mass is 16.5. The Morgan fingerprint density at radius 3 is 3.22 bits per heavy atom. The van der Waals surface area contributed by atoms with E-state index in [9.17, 15) is 0 Å². The molecule has 1 aromatic carbocycles. The summed E-state index contributed by atoms with van der Waals surface area (Å²) >= 11 is 0. The zero-order chi connectivity index (χ0) is 11.9. The van der Waals surface area contributed by atoms with Crippen molar-refractivity contribution in [2.24, 2.45) is 0 Å². The largest absolute Gasteiger partial charge is 0.493 e. The maximum absolute atomic E-state index is 5.56. The third-order valence-electron chi connectivity index (χ3n) is 4.65. The summed E-state index contributed by atoms with van der Waals surface area (Å²) in [6.07, 6.45) is 5.09. The lowest BCUT2D eigenvalue weighted by molar-refractivity contribution is 0.318. The summed E-state index contributed by atoms with van der Waals surface area (Å²) in [5.41, 5.74) is 2.64. The number of fused-ring (bicyclic) bond motifs is 2. The number of hydrogen-bond acceptors (Lipinski definition) is 3. The first-order valence-corrected chi connectivity index (χ1v) is 7.16. The lowest BCUT2D eigenvalue weighted by atomic mass is 10.1. The van der Waals surface area contributed by atoms with Crippen molar-refractivity contribution in [3.63, 3.8) is 0 Å². The van der Waals surface area contributed by atoms with Gasteiger partial charge in [-0.25, -0.2) is 0 Å². The van der Waals surface area contributed by atoms with Gasteiger partial charge in [0, 0.05) is 30.7 Å². The molecule has 3 heteroatoms. The van der Waals surface area contributed by atoms with Crippen molar-refractivity contribution in [2.75, 3.05) is 25.0 Å². The van der Waals surface area contributed by atoms with Crippen LogP contribution in [0, 0.1) is 0 Å². The monoisotopic (exact) mass is 244 g/mol. The fourth-order valence-electron chi connectivity index (χ4n) is 3.74. The molecule has 96 valence electrons. The highest BCUT2D eigenvalue weighted by molar-refractivity contribution is 5.53. The molecule has 0 aliphatic carbocycles. The summed E-state index contributed by atoms with van der Waals surface area (Å²) in [4.78, 5) is 2.65. The van der Waals surface area contributed by atoms with E-state index < -0.39 is 0 Å². The molecule has 0 radical (unpaired) electrons. The van der Waals surface area contributed by atoms with Crippen molar-refractivity contribution in [1.82, 2.24) is 4.90 Å². The van der Waals surface area contributed by atoms with Gasteiger partial charge in [-0.05, 0) is 49.6 Å². The quantitative estimate of drug-likeness (QED) is 0.863. The molecule has 0 bridgehead atoms. The Morgan fingerprint density at radius 2 is 2.22 bits per heavy atom. The Hall–Kier alpha value is -1.22. The van der Waals surface area contributed by atoms with Crippen LogP contribution < -0.4 is 10.1 Å². The van der Waals surface area contributed by atoms with Gasteiger partial charge in [0.2, 0.25) is 0 Å². The molecule has 3 aliphatic heterocycles. The van der Waals surface area contributed by atoms with Crippen LogP contribution in [0.3, 0.4) is 0 Å². The van der Waals surface area contributed by atoms with Crippen LogP contribution in [0.1, 0.15) is 24.8 Å². The Balaban J connectivity index is 1.51. The third kappa shape index (κ3) is 1.69. The predicted molar refractivity (Wildman–Crippen MR) is 72.3 cm³/mol. The maximum atomic E-state index is 5.56. The normalized spacial score (nSPS) is 30.0. The summed E-state index contributed by atoms with van der Waals surface area (Å²) in [6.45, 7) is 3.43. The third-order valence-corrected chi connectivity index (χ3v) is 4.65. The lowest BCUT2D eigenvalue weighted by Gasteiger charge is -2.22. The lowest BCUT2D eigenvalue weighted by Crippen LogP contribution is -2.33. The van der Waals surface area contributed by atoms with Crippen LogP contribution in [0.4, 0.5) is 5.69 Å². The average Bonchev–Trinajstić information content (AvgIpc) is 3.06. The van der Waals surface area contributed by atoms with Crippen molar-refractivity contribution in [3.05, 3.63) is 23.8 Å². The van der Waals surface area contributed by atoms with E-state index in [1.54, 1.807) is 0 Å². The molecule has 1 aromatic rings. The zero-order valence-corrected chi connectivity index (χ0v) is 10.7. The Bertz CT molecular complexity index is 460. The number of nitrogens with zero attached hydrogens (tertiary/aromatic N) is 1. The summed E-state index contributed by atoms with van der Waals surface area (Å²) in [5, 5.41) is 3.74. The Labute approximate surface area is 108 Å². The topological polar surface area (TPSA) is 24.5 Å². The van der Waals surface area contributed by atoms with Crippen molar-refractivity contribution in [2.45, 2.75) is 37.8 Å². The van der Waals surface area contributed by atoms with Gasteiger partial charge in [0.15, 0.2) is 0 Å². The van der Waals surface area contributed by atoms with E-state index in [1.165, 1.54) is 43.6 Å². The second kappa shape index (κ2) is 4.16. The minimum absolute atomic E-state index is 0.646. The van der Waals surface area contributed by atoms with Gasteiger partial charge in [0.1, 0.15) is 5.75 Å². The van der Waals surface area contributed by atoms with Gasteiger partial charge in [0.05, 0.1) is 6.61 Å². The minimum Gasteiger partial charge on any atom is -0.493 e. The molecule has 1 N–H and O–H groups in total. The molecular formula is C15H20N2O. The van der Waals surface area contributed by atoms with Crippen molar-refractivity contribution in [3.8, 4) is 5.75 Å². The maximum Gasteiger partial charge on any atom is 0.122 e. The van der Waals surface area contributed by atoms with Crippen LogP contribution in [-0.4, -0.2) is 36.7 Å². The fourth-order valence-corrected chi connectivity index (χ4v) is 3.74. The van der Waals surface area contributed by atoms with Gasteiger partial charge >= 0.3 is 0 Å². The highest BCUT2D eigenvalue weighted by Gasteiger charge is 2.36. The summed E-state index contributed by atoms with van der Waals surface area (Å²) in [6, 6.07) is 7.98. The number of rotatable bonds is 2. The minimum atomic E-state index is 0.646. The second-order valence-corrected chi connectivity index (χ2v) is 5.71. The van der Waals surface area contributed by atoms with Gasteiger partial charge < -0.3 is 10.1 Å². The van der Waals surface area contributed by atoms with E-state index in [1.807, 2.05) is 0 Å². The molecule has 0 aromatic heterocycles. The summed E-state index contributed by atoms with van der Waals surface area (Å²) < 4.78 is 5.56. The second-order valence-electron chi connectivity index (χ2n) is 5.71.